The van der Waals surface area contributed by atoms with E-state index in [2.05, 4.69) is 20.3 Å². The van der Waals surface area contributed by atoms with E-state index in [0.717, 1.165) is 32.9 Å². The quantitative estimate of drug-likeness (QED) is 0.416. The highest BCUT2D eigenvalue weighted by molar-refractivity contribution is 7.20. The van der Waals surface area contributed by atoms with Crippen molar-refractivity contribution in [3.8, 4) is 5.75 Å². The average Bonchev–Trinajstić information content (AvgIpc) is 3.35. The zero-order valence-electron chi connectivity index (χ0n) is 18.7. The number of ether oxygens (including phenoxy) is 2. The molecule has 8 nitrogen and oxygen atoms in total. The van der Waals surface area contributed by atoms with Crippen LogP contribution in [0.1, 0.15) is 45.4 Å². The van der Waals surface area contributed by atoms with Crippen molar-refractivity contribution in [1.29, 1.82) is 0 Å². The van der Waals surface area contributed by atoms with Gasteiger partial charge >= 0.3 is 5.97 Å². The SMILES string of the molecule is CCOC(=O)c1sc2nc(C)nc(N[C@H](c3ccc(OC)cc3)c3nccn3C)c2c1C. The Labute approximate surface area is 190 Å². The van der Waals surface area contributed by atoms with E-state index in [9.17, 15) is 4.79 Å². The number of hydrogen-bond donors (Lipinski definition) is 1. The van der Waals surface area contributed by atoms with E-state index in [1.165, 1.54) is 11.3 Å². The Morgan fingerprint density at radius 2 is 1.97 bits per heavy atom. The summed E-state index contributed by atoms with van der Waals surface area (Å²) in [7, 11) is 3.60. The fourth-order valence-corrected chi connectivity index (χ4v) is 4.75. The minimum atomic E-state index is -0.340. The third-order valence-corrected chi connectivity index (χ3v) is 6.38. The third kappa shape index (κ3) is 4.03. The Balaban J connectivity index is 1.83. The fourth-order valence-electron chi connectivity index (χ4n) is 3.63. The first kappa shape index (κ1) is 21.8. The molecule has 0 saturated heterocycles. The standard InChI is InChI=1S/C23H25N5O3S/c1-6-31-23(29)19-13(2)17-20(25-14(3)26-22(17)32-19)27-18(21-24-11-12-28(21)4)15-7-9-16(30-5)10-8-15/h7-12,18H,6H2,1-5H3,(H,25,26,27)/t18-/m1/s1. The number of nitrogens with one attached hydrogen (secondary N) is 1. The van der Waals surface area contributed by atoms with Crippen molar-refractivity contribution in [3.63, 3.8) is 0 Å². The number of fused-ring (bicyclic) bond motifs is 1. The maximum Gasteiger partial charge on any atom is 0.348 e. The Kier molecular flexibility index (Phi) is 6.09. The zero-order chi connectivity index (χ0) is 22.8. The zero-order valence-corrected chi connectivity index (χ0v) is 19.5. The molecule has 4 rings (SSSR count). The molecule has 0 aliphatic heterocycles. The molecule has 32 heavy (non-hydrogen) atoms. The number of rotatable bonds is 7. The van der Waals surface area contributed by atoms with E-state index in [0.29, 0.717) is 23.1 Å². The van der Waals surface area contributed by atoms with Gasteiger partial charge in [-0.2, -0.15) is 0 Å². The number of aryl methyl sites for hydroxylation is 3. The molecule has 0 aliphatic rings. The van der Waals surface area contributed by atoms with Crippen LogP contribution in [0, 0.1) is 13.8 Å². The van der Waals surface area contributed by atoms with Gasteiger partial charge in [-0.1, -0.05) is 12.1 Å². The van der Waals surface area contributed by atoms with Gasteiger partial charge in [0.25, 0.3) is 0 Å². The number of carbonyl (C=O) groups excluding carboxylic acids is 1. The largest absolute Gasteiger partial charge is 0.497 e. The van der Waals surface area contributed by atoms with Gasteiger partial charge in [-0.15, -0.1) is 11.3 Å². The molecule has 0 radical (unpaired) electrons. The smallest absolute Gasteiger partial charge is 0.348 e. The number of methoxy groups -OCH3 is 1. The number of nitrogens with zero attached hydrogens (tertiary/aromatic N) is 4. The number of carbonyl (C=O) groups is 1. The number of esters is 1. The van der Waals surface area contributed by atoms with Gasteiger partial charge in [0.15, 0.2) is 0 Å². The number of benzene rings is 1. The summed E-state index contributed by atoms with van der Waals surface area (Å²) in [5.41, 5.74) is 1.81. The van der Waals surface area contributed by atoms with Gasteiger partial charge in [0.05, 0.1) is 19.1 Å². The molecule has 166 valence electrons. The summed E-state index contributed by atoms with van der Waals surface area (Å²) in [4.78, 5) is 27.6. The van der Waals surface area contributed by atoms with Gasteiger partial charge in [-0.25, -0.2) is 19.7 Å². The van der Waals surface area contributed by atoms with Gasteiger partial charge in [0.2, 0.25) is 0 Å². The lowest BCUT2D eigenvalue weighted by Crippen LogP contribution is -2.18. The molecule has 1 N–H and O–H groups in total. The number of imidazole rings is 1. The molecular formula is C23H25N5O3S. The number of hydrogen-bond acceptors (Lipinski definition) is 8. The Bertz CT molecular complexity index is 1260. The van der Waals surface area contributed by atoms with Crippen molar-refractivity contribution in [2.45, 2.75) is 26.8 Å². The molecular weight excluding hydrogens is 426 g/mol. The van der Waals surface area contributed by atoms with E-state index in [4.69, 9.17) is 9.47 Å². The summed E-state index contributed by atoms with van der Waals surface area (Å²) < 4.78 is 12.5. The van der Waals surface area contributed by atoms with Crippen molar-refractivity contribution >= 4 is 33.3 Å². The van der Waals surface area contributed by atoms with Crippen LogP contribution in [0.3, 0.4) is 0 Å². The van der Waals surface area contributed by atoms with E-state index < -0.39 is 0 Å². The maximum atomic E-state index is 12.5. The topological polar surface area (TPSA) is 91.2 Å². The number of anilines is 1. The molecule has 0 saturated carbocycles. The fraction of sp³-hybridized carbons (Fsp3) is 0.304. The van der Waals surface area contributed by atoms with Gasteiger partial charge in [-0.05, 0) is 44.0 Å². The normalized spacial score (nSPS) is 12.0. The second-order valence-corrected chi connectivity index (χ2v) is 8.32. The van der Waals surface area contributed by atoms with Gasteiger partial charge in [-0.3, -0.25) is 0 Å². The summed E-state index contributed by atoms with van der Waals surface area (Å²) in [5, 5.41) is 4.38. The average molecular weight is 452 g/mol. The molecule has 1 atom stereocenters. The molecule has 0 unspecified atom stereocenters. The van der Waals surface area contributed by atoms with Crippen LogP contribution in [0.25, 0.3) is 10.2 Å². The summed E-state index contributed by atoms with van der Waals surface area (Å²) in [6, 6.07) is 7.57. The van der Waals surface area contributed by atoms with Crippen LogP contribution < -0.4 is 10.1 Å². The first-order valence-corrected chi connectivity index (χ1v) is 11.1. The monoisotopic (exact) mass is 451 g/mol. The van der Waals surface area contributed by atoms with Crippen LogP contribution in [-0.2, 0) is 11.8 Å². The lowest BCUT2D eigenvalue weighted by Gasteiger charge is -2.21. The van der Waals surface area contributed by atoms with Crippen LogP contribution in [0.2, 0.25) is 0 Å². The number of thiophene rings is 1. The summed E-state index contributed by atoms with van der Waals surface area (Å²) in [6.45, 7) is 5.86. The molecule has 0 amide bonds. The van der Waals surface area contributed by atoms with Crippen molar-refractivity contribution in [3.05, 3.63) is 64.3 Å². The first-order chi connectivity index (χ1) is 15.4. The third-order valence-electron chi connectivity index (χ3n) is 5.21. The highest BCUT2D eigenvalue weighted by Gasteiger charge is 2.25. The summed E-state index contributed by atoms with van der Waals surface area (Å²) in [5.74, 6) is 2.54. The minimum Gasteiger partial charge on any atom is -0.497 e. The van der Waals surface area contributed by atoms with E-state index >= 15 is 0 Å². The van der Waals surface area contributed by atoms with Crippen molar-refractivity contribution in [2.24, 2.45) is 7.05 Å². The van der Waals surface area contributed by atoms with Crippen molar-refractivity contribution < 1.29 is 14.3 Å². The predicted molar refractivity (Wildman–Crippen MR) is 125 cm³/mol. The maximum absolute atomic E-state index is 12.5. The molecule has 0 spiro atoms. The molecule has 0 aliphatic carbocycles. The molecule has 0 fully saturated rings. The second-order valence-electron chi connectivity index (χ2n) is 7.32. The summed E-state index contributed by atoms with van der Waals surface area (Å²) in [6.07, 6.45) is 3.67. The molecule has 0 bridgehead atoms. The van der Waals surface area contributed by atoms with Crippen molar-refractivity contribution in [2.75, 3.05) is 19.0 Å². The van der Waals surface area contributed by atoms with Gasteiger partial charge in [0.1, 0.15) is 39.0 Å². The van der Waals surface area contributed by atoms with E-state index in [1.807, 2.05) is 55.9 Å². The van der Waals surface area contributed by atoms with Crippen LogP contribution >= 0.6 is 11.3 Å². The van der Waals surface area contributed by atoms with Gasteiger partial charge < -0.3 is 19.4 Å². The minimum absolute atomic E-state index is 0.274. The molecule has 9 heteroatoms. The lowest BCUT2D eigenvalue weighted by atomic mass is 10.1. The summed E-state index contributed by atoms with van der Waals surface area (Å²) >= 11 is 1.33. The highest BCUT2D eigenvalue weighted by Crippen LogP contribution is 2.36. The van der Waals surface area contributed by atoms with E-state index in [-0.39, 0.29) is 12.0 Å². The molecule has 3 heterocycles. The molecule has 4 aromatic rings. The Morgan fingerprint density at radius 1 is 1.22 bits per heavy atom. The molecule has 3 aromatic heterocycles. The lowest BCUT2D eigenvalue weighted by molar-refractivity contribution is 0.0531. The van der Waals surface area contributed by atoms with Crippen LogP contribution in [0.15, 0.2) is 36.7 Å². The van der Waals surface area contributed by atoms with Gasteiger partial charge in [0, 0.05) is 19.4 Å². The Morgan fingerprint density at radius 3 is 2.59 bits per heavy atom. The molecule has 1 aromatic carbocycles. The van der Waals surface area contributed by atoms with Crippen LogP contribution in [0.4, 0.5) is 5.82 Å². The van der Waals surface area contributed by atoms with Crippen LogP contribution in [-0.4, -0.2) is 39.2 Å². The van der Waals surface area contributed by atoms with Crippen LogP contribution in [0.5, 0.6) is 5.75 Å². The first-order valence-electron chi connectivity index (χ1n) is 10.3. The highest BCUT2D eigenvalue weighted by atomic mass is 32.1. The van der Waals surface area contributed by atoms with E-state index in [1.54, 1.807) is 20.2 Å². The number of aromatic nitrogens is 4. The van der Waals surface area contributed by atoms with Crippen molar-refractivity contribution in [1.82, 2.24) is 19.5 Å². The predicted octanol–water partition coefficient (Wildman–Crippen LogP) is 4.43. The Hall–Kier alpha value is -3.46. The second kappa shape index (κ2) is 8.96.